The van der Waals surface area contributed by atoms with Gasteiger partial charge in [-0.15, -0.1) is 0 Å². The van der Waals surface area contributed by atoms with E-state index in [0.29, 0.717) is 24.7 Å². The zero-order valence-corrected chi connectivity index (χ0v) is 9.68. The van der Waals surface area contributed by atoms with Crippen LogP contribution in [-0.4, -0.2) is 29.1 Å². The van der Waals surface area contributed by atoms with Crippen LogP contribution in [0.2, 0.25) is 0 Å². The maximum absolute atomic E-state index is 11.5. The number of rotatable bonds is 2. The first-order valence-electron chi connectivity index (χ1n) is 5.39. The lowest BCUT2D eigenvalue weighted by Crippen LogP contribution is -2.35. The summed E-state index contributed by atoms with van der Waals surface area (Å²) in [5, 5.41) is 0. The summed E-state index contributed by atoms with van der Waals surface area (Å²) in [5.41, 5.74) is 0.956. The fourth-order valence-corrected chi connectivity index (χ4v) is 1.73. The maximum atomic E-state index is 11.5. The lowest BCUT2D eigenvalue weighted by atomic mass is 10.1. The zero-order chi connectivity index (χ0) is 12.3. The van der Waals surface area contributed by atoms with E-state index in [4.69, 9.17) is 9.15 Å². The van der Waals surface area contributed by atoms with Crippen molar-refractivity contribution in [3.63, 3.8) is 0 Å². The molecule has 5 heteroatoms. The van der Waals surface area contributed by atoms with Crippen molar-refractivity contribution in [2.45, 2.75) is 13.3 Å². The van der Waals surface area contributed by atoms with E-state index in [-0.39, 0.29) is 6.09 Å². The fraction of sp³-hybridized carbons (Fsp3) is 0.333. The number of aryl methyl sites for hydroxylation is 1. The minimum absolute atomic E-state index is 0.387. The third kappa shape index (κ3) is 2.55. The van der Waals surface area contributed by atoms with Crippen molar-refractivity contribution < 1.29 is 13.9 Å². The van der Waals surface area contributed by atoms with Crippen LogP contribution in [0.5, 0.6) is 0 Å². The van der Waals surface area contributed by atoms with Gasteiger partial charge < -0.3 is 14.1 Å². The molecule has 0 bridgehead atoms. The first-order chi connectivity index (χ1) is 8.20. The lowest BCUT2D eigenvalue weighted by molar-refractivity contribution is 0.142. The van der Waals surface area contributed by atoms with Crippen LogP contribution in [0.4, 0.5) is 4.79 Å². The van der Waals surface area contributed by atoms with Crippen molar-refractivity contribution in [2.75, 3.05) is 13.1 Å². The van der Waals surface area contributed by atoms with Crippen molar-refractivity contribution in [1.29, 1.82) is 0 Å². The molecule has 0 fully saturated rings. The molecule has 0 aliphatic carbocycles. The van der Waals surface area contributed by atoms with E-state index in [0.717, 1.165) is 18.3 Å². The molecule has 0 saturated carbocycles. The summed E-state index contributed by atoms with van der Waals surface area (Å²) in [7, 11) is 0. The van der Waals surface area contributed by atoms with Crippen LogP contribution in [0.15, 0.2) is 29.5 Å². The Kier molecular flexibility index (Phi) is 3.27. The number of carbonyl (C=O) groups excluding carboxylic acids is 1. The van der Waals surface area contributed by atoms with Crippen LogP contribution >= 0.6 is 0 Å². The van der Waals surface area contributed by atoms with E-state index in [1.54, 1.807) is 18.0 Å². The summed E-state index contributed by atoms with van der Waals surface area (Å²) in [5.74, 6) is 1.32. The largest absolute Gasteiger partial charge is 0.441 e. The van der Waals surface area contributed by atoms with Gasteiger partial charge in [-0.3, -0.25) is 0 Å². The second-order valence-electron chi connectivity index (χ2n) is 3.73. The highest BCUT2D eigenvalue weighted by atomic mass is 16.5. The normalized spacial score (nSPS) is 15.4. The van der Waals surface area contributed by atoms with Crippen molar-refractivity contribution in [2.24, 2.45) is 0 Å². The Balaban J connectivity index is 2.09. The Hall–Kier alpha value is -2.04. The van der Waals surface area contributed by atoms with Gasteiger partial charge >= 0.3 is 6.09 Å². The minimum Gasteiger partial charge on any atom is -0.441 e. The smallest absolute Gasteiger partial charge is 0.414 e. The van der Waals surface area contributed by atoms with Gasteiger partial charge in [0.15, 0.2) is 11.7 Å². The average molecular weight is 234 g/mol. The number of amides is 1. The molecule has 0 aromatic carbocycles. The quantitative estimate of drug-likeness (QED) is 0.737. The summed E-state index contributed by atoms with van der Waals surface area (Å²) >= 11 is 0. The van der Waals surface area contributed by atoms with Gasteiger partial charge in [-0.1, -0.05) is 12.7 Å². The second-order valence-corrected chi connectivity index (χ2v) is 3.73. The summed E-state index contributed by atoms with van der Waals surface area (Å²) in [6.07, 6.45) is 5.25. The van der Waals surface area contributed by atoms with Crippen molar-refractivity contribution in [1.82, 2.24) is 9.88 Å². The molecular weight excluding hydrogens is 220 g/mol. The first-order valence-corrected chi connectivity index (χ1v) is 5.39. The number of ether oxygens (including phenoxy) is 1. The highest BCUT2D eigenvalue weighted by Crippen LogP contribution is 2.21. The molecule has 0 atom stereocenters. The van der Waals surface area contributed by atoms with E-state index >= 15 is 0 Å². The van der Waals surface area contributed by atoms with Gasteiger partial charge in [-0.05, 0) is 6.42 Å². The predicted octanol–water partition coefficient (Wildman–Crippen LogP) is 2.35. The third-order valence-corrected chi connectivity index (χ3v) is 2.53. The number of hydrogen-bond acceptors (Lipinski definition) is 4. The molecule has 0 spiro atoms. The molecule has 17 heavy (non-hydrogen) atoms. The zero-order valence-electron chi connectivity index (χ0n) is 9.68. The predicted molar refractivity (Wildman–Crippen MR) is 62.1 cm³/mol. The molecule has 1 aliphatic heterocycles. The Morgan fingerprint density at radius 2 is 2.53 bits per heavy atom. The van der Waals surface area contributed by atoms with Gasteiger partial charge in [0.05, 0.1) is 19.0 Å². The van der Waals surface area contributed by atoms with E-state index in [9.17, 15) is 4.79 Å². The van der Waals surface area contributed by atoms with Gasteiger partial charge in [0.25, 0.3) is 0 Å². The van der Waals surface area contributed by atoms with Crippen molar-refractivity contribution in [3.8, 4) is 0 Å². The van der Waals surface area contributed by atoms with E-state index in [1.807, 2.05) is 0 Å². The molecule has 1 aromatic rings. The molecule has 0 saturated heterocycles. The molecule has 0 N–H and O–H groups in total. The first kappa shape index (κ1) is 11.4. The topological polar surface area (TPSA) is 55.6 Å². The number of carbonyl (C=O) groups is 1. The van der Waals surface area contributed by atoms with E-state index in [2.05, 4.69) is 17.6 Å². The van der Waals surface area contributed by atoms with Crippen LogP contribution in [0.25, 0.3) is 5.57 Å². The van der Waals surface area contributed by atoms with Gasteiger partial charge in [-0.25, -0.2) is 9.78 Å². The van der Waals surface area contributed by atoms with Crippen molar-refractivity contribution in [3.05, 3.63) is 36.8 Å². The monoisotopic (exact) mass is 234 g/mol. The highest BCUT2D eigenvalue weighted by molar-refractivity contribution is 5.73. The Morgan fingerprint density at radius 3 is 3.18 bits per heavy atom. The van der Waals surface area contributed by atoms with Crippen LogP contribution in [0.3, 0.4) is 0 Å². The second kappa shape index (κ2) is 4.86. The Labute approximate surface area is 99.4 Å². The summed E-state index contributed by atoms with van der Waals surface area (Å²) < 4.78 is 10.2. The number of hydrogen-bond donors (Lipinski definition) is 0. The van der Waals surface area contributed by atoms with E-state index in [1.165, 1.54) is 0 Å². The van der Waals surface area contributed by atoms with Gasteiger partial charge in [0, 0.05) is 19.0 Å². The molecule has 0 unspecified atom stereocenters. The minimum atomic E-state index is -0.387. The Morgan fingerprint density at radius 1 is 1.71 bits per heavy atom. The number of oxazole rings is 1. The molecule has 1 aliphatic rings. The molecule has 1 amide bonds. The van der Waals surface area contributed by atoms with Crippen LogP contribution in [0, 0.1) is 6.92 Å². The lowest BCUT2D eigenvalue weighted by Gasteiger charge is -2.24. The summed E-state index contributed by atoms with van der Waals surface area (Å²) in [6, 6.07) is 0. The van der Waals surface area contributed by atoms with Gasteiger partial charge in [0.1, 0.15) is 0 Å². The van der Waals surface area contributed by atoms with E-state index < -0.39 is 0 Å². The average Bonchev–Trinajstić information content (AvgIpc) is 2.76. The SMILES string of the molecule is C=COC(=O)N1CCC=C(c2cnc(C)o2)C1. The van der Waals surface area contributed by atoms with Crippen LogP contribution in [-0.2, 0) is 4.74 Å². The third-order valence-electron chi connectivity index (χ3n) is 2.53. The maximum Gasteiger partial charge on any atom is 0.414 e. The molecule has 2 heterocycles. The molecule has 5 nitrogen and oxygen atoms in total. The molecule has 90 valence electrons. The molecule has 1 aromatic heterocycles. The molecule has 0 radical (unpaired) electrons. The fourth-order valence-electron chi connectivity index (χ4n) is 1.73. The van der Waals surface area contributed by atoms with Crippen LogP contribution in [0.1, 0.15) is 18.1 Å². The Bertz CT molecular complexity index is 462. The summed E-state index contributed by atoms with van der Waals surface area (Å²) in [4.78, 5) is 17.2. The van der Waals surface area contributed by atoms with Gasteiger partial charge in [-0.2, -0.15) is 0 Å². The highest BCUT2D eigenvalue weighted by Gasteiger charge is 2.21. The molecule has 2 rings (SSSR count). The standard InChI is InChI=1S/C12H14N2O3/c1-3-16-12(15)14-6-4-5-10(8-14)11-7-13-9(2)17-11/h3,5,7H,1,4,6,8H2,2H3. The number of aromatic nitrogens is 1. The van der Waals surface area contributed by atoms with Gasteiger partial charge in [0.2, 0.25) is 0 Å². The number of nitrogens with zero attached hydrogens (tertiary/aromatic N) is 2. The van der Waals surface area contributed by atoms with Crippen LogP contribution < -0.4 is 0 Å². The molecular formula is C12H14N2O3. The summed E-state index contributed by atoms with van der Waals surface area (Å²) in [6.45, 7) is 6.27. The van der Waals surface area contributed by atoms with Crippen molar-refractivity contribution >= 4 is 11.7 Å².